The molecule has 0 bridgehead atoms. The van der Waals surface area contributed by atoms with Gasteiger partial charge in [0.25, 0.3) is 0 Å². The molecule has 6 nitrogen and oxygen atoms in total. The molecule has 0 saturated heterocycles. The zero-order chi connectivity index (χ0) is 22.4. The average molecular weight is 498 g/mol. The minimum atomic E-state index is -0.384. The number of halogens is 3. The van der Waals surface area contributed by atoms with E-state index in [4.69, 9.17) is 39.5 Å². The van der Waals surface area contributed by atoms with Crippen LogP contribution < -0.4 is 10.1 Å². The number of rotatable bonds is 9. The van der Waals surface area contributed by atoms with Gasteiger partial charge in [-0.1, -0.05) is 58.7 Å². The smallest absolute Gasteiger partial charge is 0.234 e. The Labute approximate surface area is 199 Å². The Kier molecular flexibility index (Phi) is 8.26. The van der Waals surface area contributed by atoms with E-state index in [2.05, 4.69) is 22.1 Å². The Morgan fingerprint density at radius 2 is 2.03 bits per heavy atom. The van der Waals surface area contributed by atoms with Gasteiger partial charge in [0.15, 0.2) is 17.1 Å². The minimum Gasteiger partial charge on any atom is -0.483 e. The molecule has 0 aliphatic carbocycles. The lowest BCUT2D eigenvalue weighted by Gasteiger charge is -2.16. The predicted octanol–water partition coefficient (Wildman–Crippen LogP) is 6.30. The van der Waals surface area contributed by atoms with Crippen LogP contribution in [0.25, 0.3) is 0 Å². The second-order valence-corrected chi connectivity index (χ2v) is 8.62. The van der Waals surface area contributed by atoms with Gasteiger partial charge < -0.3 is 10.1 Å². The predicted molar refractivity (Wildman–Crippen MR) is 127 cm³/mol. The van der Waals surface area contributed by atoms with Crippen molar-refractivity contribution in [1.29, 1.82) is 0 Å². The summed E-state index contributed by atoms with van der Waals surface area (Å²) >= 11 is 19.2. The number of hydrogen-bond donors (Lipinski definition) is 1. The largest absolute Gasteiger partial charge is 0.483 e. The third kappa shape index (κ3) is 6.40. The number of anilines is 1. The fraction of sp³-hybridized carbons (Fsp3) is 0.190. The van der Waals surface area contributed by atoms with E-state index in [1.54, 1.807) is 36.4 Å². The molecule has 2 aromatic carbocycles. The third-order valence-electron chi connectivity index (χ3n) is 4.07. The summed E-state index contributed by atoms with van der Waals surface area (Å²) in [7, 11) is 0. The monoisotopic (exact) mass is 496 g/mol. The lowest BCUT2D eigenvalue weighted by atomic mass is 10.3. The molecule has 0 fully saturated rings. The molecule has 1 atom stereocenters. The number of carbonyl (C=O) groups excluding carboxylic acids is 1. The van der Waals surface area contributed by atoms with Crippen LogP contribution in [-0.2, 0) is 11.3 Å². The molecule has 31 heavy (non-hydrogen) atoms. The van der Waals surface area contributed by atoms with Crippen molar-refractivity contribution in [3.63, 3.8) is 0 Å². The molecule has 3 aromatic rings. The maximum absolute atomic E-state index is 12.3. The Morgan fingerprint density at radius 1 is 1.23 bits per heavy atom. The molecule has 1 unspecified atom stereocenters. The van der Waals surface area contributed by atoms with Crippen molar-refractivity contribution in [3.05, 3.63) is 76.0 Å². The highest BCUT2D eigenvalue weighted by atomic mass is 35.5. The fourth-order valence-electron chi connectivity index (χ4n) is 2.71. The molecule has 1 heterocycles. The van der Waals surface area contributed by atoms with Crippen LogP contribution in [0.5, 0.6) is 5.75 Å². The summed E-state index contributed by atoms with van der Waals surface area (Å²) in [6, 6.07) is 12.0. The molecule has 0 aliphatic rings. The SMILES string of the molecule is C=CCn1c(SCC(=O)Nc2ccc(Cl)c(Cl)c2)nnc1C(C)Oc1cccc(Cl)c1. The average Bonchev–Trinajstić information content (AvgIpc) is 3.12. The number of allylic oxidation sites excluding steroid dienone is 1. The zero-order valence-corrected chi connectivity index (χ0v) is 19.6. The van der Waals surface area contributed by atoms with Crippen LogP contribution >= 0.6 is 46.6 Å². The number of hydrogen-bond acceptors (Lipinski definition) is 5. The molecule has 0 spiro atoms. The maximum atomic E-state index is 12.3. The van der Waals surface area contributed by atoms with Gasteiger partial charge in [-0.3, -0.25) is 9.36 Å². The molecule has 10 heteroatoms. The molecule has 0 aliphatic heterocycles. The zero-order valence-electron chi connectivity index (χ0n) is 16.5. The van der Waals surface area contributed by atoms with Gasteiger partial charge in [-0.05, 0) is 43.3 Å². The highest BCUT2D eigenvalue weighted by Gasteiger charge is 2.20. The van der Waals surface area contributed by atoms with Gasteiger partial charge in [-0.15, -0.1) is 16.8 Å². The number of amides is 1. The van der Waals surface area contributed by atoms with E-state index >= 15 is 0 Å². The lowest BCUT2D eigenvalue weighted by molar-refractivity contribution is -0.113. The van der Waals surface area contributed by atoms with Crippen LogP contribution in [0.4, 0.5) is 5.69 Å². The second-order valence-electron chi connectivity index (χ2n) is 6.42. The van der Waals surface area contributed by atoms with Gasteiger partial charge in [0, 0.05) is 17.3 Å². The first-order valence-corrected chi connectivity index (χ1v) is 11.3. The summed E-state index contributed by atoms with van der Waals surface area (Å²) in [5.74, 6) is 1.18. The highest BCUT2D eigenvalue weighted by molar-refractivity contribution is 7.99. The molecule has 1 amide bonds. The van der Waals surface area contributed by atoms with Crippen LogP contribution in [0.1, 0.15) is 18.9 Å². The van der Waals surface area contributed by atoms with Crippen molar-refractivity contribution in [2.75, 3.05) is 11.1 Å². The van der Waals surface area contributed by atoms with Crippen molar-refractivity contribution in [2.24, 2.45) is 0 Å². The fourth-order valence-corrected chi connectivity index (χ4v) is 3.94. The number of ether oxygens (including phenoxy) is 1. The normalized spacial score (nSPS) is 11.7. The highest BCUT2D eigenvalue weighted by Crippen LogP contribution is 2.27. The van der Waals surface area contributed by atoms with E-state index in [9.17, 15) is 4.79 Å². The van der Waals surface area contributed by atoms with Gasteiger partial charge in [-0.25, -0.2) is 0 Å². The van der Waals surface area contributed by atoms with E-state index in [1.165, 1.54) is 11.8 Å². The number of nitrogens with one attached hydrogen (secondary N) is 1. The van der Waals surface area contributed by atoms with Crippen LogP contribution in [0.3, 0.4) is 0 Å². The van der Waals surface area contributed by atoms with Crippen molar-refractivity contribution in [1.82, 2.24) is 14.8 Å². The van der Waals surface area contributed by atoms with Crippen LogP contribution in [0.2, 0.25) is 15.1 Å². The second kappa shape index (κ2) is 10.9. The summed E-state index contributed by atoms with van der Waals surface area (Å²) < 4.78 is 7.81. The summed E-state index contributed by atoms with van der Waals surface area (Å²) in [5.41, 5.74) is 0.566. The van der Waals surface area contributed by atoms with Gasteiger partial charge in [-0.2, -0.15) is 0 Å². The van der Waals surface area contributed by atoms with E-state index in [1.807, 2.05) is 23.6 Å². The first-order valence-electron chi connectivity index (χ1n) is 9.21. The number of benzene rings is 2. The van der Waals surface area contributed by atoms with Crippen molar-refractivity contribution >= 4 is 58.2 Å². The quantitative estimate of drug-likeness (QED) is 0.278. The van der Waals surface area contributed by atoms with Gasteiger partial charge in [0.2, 0.25) is 5.91 Å². The van der Waals surface area contributed by atoms with E-state index in [0.717, 1.165) is 0 Å². The molecule has 0 radical (unpaired) electrons. The van der Waals surface area contributed by atoms with E-state index in [0.29, 0.717) is 44.0 Å². The standard InChI is InChI=1S/C21H19Cl3N4O2S/c1-3-9-28-20(13(2)30-16-6-4-5-14(22)10-16)26-27-21(28)31-12-19(29)25-15-7-8-17(23)18(24)11-15/h3-8,10-11,13H,1,9,12H2,2H3,(H,25,29). The van der Waals surface area contributed by atoms with Crippen LogP contribution in [0.15, 0.2) is 60.3 Å². The molecular weight excluding hydrogens is 479 g/mol. The summed E-state index contributed by atoms with van der Waals surface area (Å²) in [4.78, 5) is 12.3. The molecule has 1 N–H and O–H groups in total. The lowest BCUT2D eigenvalue weighted by Crippen LogP contribution is -2.15. The number of carbonyl (C=O) groups is 1. The Hall–Kier alpha value is -2.19. The summed E-state index contributed by atoms with van der Waals surface area (Å²) in [6.07, 6.45) is 1.35. The van der Waals surface area contributed by atoms with E-state index in [-0.39, 0.29) is 17.8 Å². The minimum absolute atomic E-state index is 0.138. The van der Waals surface area contributed by atoms with Gasteiger partial charge >= 0.3 is 0 Å². The Balaban J connectivity index is 1.67. The van der Waals surface area contributed by atoms with Crippen molar-refractivity contribution in [3.8, 4) is 5.75 Å². The van der Waals surface area contributed by atoms with Crippen LogP contribution in [-0.4, -0.2) is 26.4 Å². The van der Waals surface area contributed by atoms with Crippen molar-refractivity contribution in [2.45, 2.75) is 24.7 Å². The van der Waals surface area contributed by atoms with Crippen molar-refractivity contribution < 1.29 is 9.53 Å². The Morgan fingerprint density at radius 3 is 2.74 bits per heavy atom. The topological polar surface area (TPSA) is 69.0 Å². The first kappa shape index (κ1) is 23.5. The Bertz CT molecular complexity index is 1090. The van der Waals surface area contributed by atoms with Crippen LogP contribution in [0, 0.1) is 0 Å². The van der Waals surface area contributed by atoms with E-state index < -0.39 is 0 Å². The third-order valence-corrected chi connectivity index (χ3v) is 6.01. The van der Waals surface area contributed by atoms with Gasteiger partial charge in [0.1, 0.15) is 5.75 Å². The first-order chi connectivity index (χ1) is 14.9. The molecule has 1 aromatic heterocycles. The molecular formula is C21H19Cl3N4O2S. The number of nitrogens with zero attached hydrogens (tertiary/aromatic N) is 3. The number of aromatic nitrogens is 3. The summed E-state index contributed by atoms with van der Waals surface area (Å²) in [6.45, 7) is 6.14. The number of thioether (sulfide) groups is 1. The molecule has 0 saturated carbocycles. The molecule has 162 valence electrons. The molecule has 3 rings (SSSR count). The maximum Gasteiger partial charge on any atom is 0.234 e. The van der Waals surface area contributed by atoms with Gasteiger partial charge in [0.05, 0.1) is 15.8 Å². The summed E-state index contributed by atoms with van der Waals surface area (Å²) in [5, 5.41) is 13.2.